The molecule has 1 aromatic heterocycles. The Bertz CT molecular complexity index is 999. The number of hydrogen-bond acceptors (Lipinski definition) is 5. The minimum atomic E-state index is -0.0779. The molecule has 0 N–H and O–H groups in total. The first-order valence-corrected chi connectivity index (χ1v) is 9.98. The summed E-state index contributed by atoms with van der Waals surface area (Å²) < 4.78 is 12.9. The van der Waals surface area contributed by atoms with E-state index in [0.29, 0.717) is 43.2 Å². The molecule has 30 heavy (non-hydrogen) atoms. The molecule has 0 bridgehead atoms. The number of anilines is 1. The van der Waals surface area contributed by atoms with E-state index in [1.165, 1.54) is 5.56 Å². The number of carbonyl (C=O) groups is 1. The van der Waals surface area contributed by atoms with Gasteiger partial charge in [-0.15, -0.1) is 0 Å². The van der Waals surface area contributed by atoms with Crippen LogP contribution in [0.4, 0.5) is 5.95 Å². The first-order chi connectivity index (χ1) is 14.6. The van der Waals surface area contributed by atoms with Gasteiger partial charge in [-0.05, 0) is 31.2 Å². The van der Waals surface area contributed by atoms with Gasteiger partial charge in [-0.2, -0.15) is 0 Å². The molecular formula is C23H26N4O3. The number of benzene rings is 2. The molecule has 4 rings (SSSR count). The predicted octanol–water partition coefficient (Wildman–Crippen LogP) is 3.16. The molecule has 2 heterocycles. The van der Waals surface area contributed by atoms with E-state index in [9.17, 15) is 4.79 Å². The van der Waals surface area contributed by atoms with E-state index in [0.717, 1.165) is 11.6 Å². The lowest BCUT2D eigenvalue weighted by atomic mass is 10.1. The van der Waals surface area contributed by atoms with E-state index in [1.54, 1.807) is 26.4 Å². The van der Waals surface area contributed by atoms with Crippen LogP contribution in [0.2, 0.25) is 0 Å². The molecule has 7 heteroatoms. The monoisotopic (exact) mass is 406 g/mol. The third kappa shape index (κ3) is 3.70. The molecule has 0 aliphatic carbocycles. The molecular weight excluding hydrogens is 380 g/mol. The summed E-state index contributed by atoms with van der Waals surface area (Å²) >= 11 is 0. The summed E-state index contributed by atoms with van der Waals surface area (Å²) in [6, 6.07) is 13.8. The normalized spacial score (nSPS) is 14.0. The van der Waals surface area contributed by atoms with Gasteiger partial charge in [0.15, 0.2) is 0 Å². The Balaban J connectivity index is 1.50. The second-order valence-corrected chi connectivity index (χ2v) is 7.25. The Hall–Kier alpha value is -3.48. The van der Waals surface area contributed by atoms with Crippen molar-refractivity contribution in [1.82, 2.24) is 14.5 Å². The molecule has 1 amide bonds. The molecule has 7 nitrogen and oxygen atoms in total. The lowest BCUT2D eigenvalue weighted by Crippen LogP contribution is -2.49. The van der Waals surface area contributed by atoms with Crippen LogP contribution in [0.3, 0.4) is 0 Å². The van der Waals surface area contributed by atoms with Crippen LogP contribution >= 0.6 is 0 Å². The SMILES string of the molecule is COc1cccc(OC)c1C(=O)N1CCN(c2nccn2-c2ccc(C)cc2)CC1. The number of hydrogen-bond donors (Lipinski definition) is 0. The highest BCUT2D eigenvalue weighted by molar-refractivity contribution is 5.99. The van der Waals surface area contributed by atoms with Gasteiger partial charge in [0, 0.05) is 44.3 Å². The molecule has 0 radical (unpaired) electrons. The molecule has 1 saturated heterocycles. The zero-order valence-corrected chi connectivity index (χ0v) is 17.5. The summed E-state index contributed by atoms with van der Waals surface area (Å²) in [6.45, 7) is 4.67. The van der Waals surface area contributed by atoms with Gasteiger partial charge in [0.05, 0.1) is 14.2 Å². The topological polar surface area (TPSA) is 59.8 Å². The van der Waals surface area contributed by atoms with Crippen LogP contribution in [0.1, 0.15) is 15.9 Å². The largest absolute Gasteiger partial charge is 0.496 e. The zero-order valence-electron chi connectivity index (χ0n) is 17.5. The van der Waals surface area contributed by atoms with E-state index in [-0.39, 0.29) is 5.91 Å². The van der Waals surface area contributed by atoms with E-state index in [2.05, 4.69) is 45.6 Å². The first-order valence-electron chi connectivity index (χ1n) is 9.98. The zero-order chi connectivity index (χ0) is 21.1. The number of ether oxygens (including phenoxy) is 2. The van der Waals surface area contributed by atoms with E-state index in [1.807, 2.05) is 23.4 Å². The molecule has 0 atom stereocenters. The van der Waals surface area contributed by atoms with Gasteiger partial charge in [-0.25, -0.2) is 4.98 Å². The van der Waals surface area contributed by atoms with Gasteiger partial charge in [0.1, 0.15) is 17.1 Å². The number of piperazine rings is 1. The number of amides is 1. The fourth-order valence-electron chi connectivity index (χ4n) is 3.77. The number of methoxy groups -OCH3 is 2. The Kier molecular flexibility index (Phi) is 5.61. The molecule has 156 valence electrons. The second kappa shape index (κ2) is 8.49. The third-order valence-electron chi connectivity index (χ3n) is 5.42. The molecule has 0 spiro atoms. The third-order valence-corrected chi connectivity index (χ3v) is 5.42. The maximum absolute atomic E-state index is 13.2. The maximum Gasteiger partial charge on any atom is 0.261 e. The van der Waals surface area contributed by atoms with Crippen molar-refractivity contribution in [2.24, 2.45) is 0 Å². The highest BCUT2D eigenvalue weighted by Gasteiger charge is 2.28. The Morgan fingerprint density at radius 1 is 0.933 bits per heavy atom. The van der Waals surface area contributed by atoms with Crippen LogP contribution in [0.15, 0.2) is 54.9 Å². The number of imidazole rings is 1. The molecule has 3 aromatic rings. The summed E-state index contributed by atoms with van der Waals surface area (Å²) in [7, 11) is 3.13. The summed E-state index contributed by atoms with van der Waals surface area (Å²) in [5.74, 6) is 1.86. The van der Waals surface area contributed by atoms with Gasteiger partial charge in [0.25, 0.3) is 5.91 Å². The van der Waals surface area contributed by atoms with Crippen LogP contribution in [-0.4, -0.2) is 60.8 Å². The summed E-state index contributed by atoms with van der Waals surface area (Å²) in [6.07, 6.45) is 3.78. The summed E-state index contributed by atoms with van der Waals surface area (Å²) in [4.78, 5) is 21.8. The van der Waals surface area contributed by atoms with Crippen LogP contribution in [-0.2, 0) is 0 Å². The number of rotatable bonds is 5. The fraction of sp³-hybridized carbons (Fsp3) is 0.304. The van der Waals surface area contributed by atoms with Crippen molar-refractivity contribution in [3.63, 3.8) is 0 Å². The van der Waals surface area contributed by atoms with Gasteiger partial charge < -0.3 is 19.3 Å². The lowest BCUT2D eigenvalue weighted by molar-refractivity contribution is 0.0739. The Morgan fingerprint density at radius 2 is 1.57 bits per heavy atom. The van der Waals surface area contributed by atoms with Crippen molar-refractivity contribution in [2.45, 2.75) is 6.92 Å². The van der Waals surface area contributed by atoms with Gasteiger partial charge in [-0.3, -0.25) is 9.36 Å². The molecule has 1 fully saturated rings. The highest BCUT2D eigenvalue weighted by atomic mass is 16.5. The number of nitrogens with zero attached hydrogens (tertiary/aromatic N) is 4. The van der Waals surface area contributed by atoms with Crippen LogP contribution in [0.5, 0.6) is 11.5 Å². The minimum Gasteiger partial charge on any atom is -0.496 e. The quantitative estimate of drug-likeness (QED) is 0.651. The van der Waals surface area contributed by atoms with Gasteiger partial charge in [-0.1, -0.05) is 23.8 Å². The minimum absolute atomic E-state index is 0.0779. The fourth-order valence-corrected chi connectivity index (χ4v) is 3.77. The Labute approximate surface area is 176 Å². The summed E-state index contributed by atoms with van der Waals surface area (Å²) in [5.41, 5.74) is 2.77. The summed E-state index contributed by atoms with van der Waals surface area (Å²) in [5, 5.41) is 0. The van der Waals surface area contributed by atoms with Crippen molar-refractivity contribution in [3.05, 3.63) is 66.0 Å². The average Bonchev–Trinajstić information content (AvgIpc) is 3.28. The van der Waals surface area contributed by atoms with Crippen LogP contribution in [0, 0.1) is 6.92 Å². The molecule has 0 unspecified atom stereocenters. The van der Waals surface area contributed by atoms with E-state index >= 15 is 0 Å². The number of carbonyl (C=O) groups excluding carboxylic acids is 1. The molecule has 0 saturated carbocycles. The van der Waals surface area contributed by atoms with Crippen molar-refractivity contribution < 1.29 is 14.3 Å². The highest BCUT2D eigenvalue weighted by Crippen LogP contribution is 2.30. The maximum atomic E-state index is 13.2. The van der Waals surface area contributed by atoms with Crippen LogP contribution in [0.25, 0.3) is 5.69 Å². The smallest absolute Gasteiger partial charge is 0.261 e. The number of aryl methyl sites for hydroxylation is 1. The van der Waals surface area contributed by atoms with Gasteiger partial charge in [0.2, 0.25) is 5.95 Å². The molecule has 1 aliphatic heterocycles. The van der Waals surface area contributed by atoms with Crippen molar-refractivity contribution >= 4 is 11.9 Å². The molecule has 1 aliphatic rings. The van der Waals surface area contributed by atoms with E-state index in [4.69, 9.17) is 9.47 Å². The first kappa shape index (κ1) is 19.8. The van der Waals surface area contributed by atoms with E-state index < -0.39 is 0 Å². The van der Waals surface area contributed by atoms with Crippen molar-refractivity contribution in [1.29, 1.82) is 0 Å². The molecule has 2 aromatic carbocycles. The van der Waals surface area contributed by atoms with Crippen molar-refractivity contribution in [3.8, 4) is 17.2 Å². The average molecular weight is 406 g/mol. The number of aromatic nitrogens is 2. The Morgan fingerprint density at radius 3 is 2.17 bits per heavy atom. The van der Waals surface area contributed by atoms with Crippen molar-refractivity contribution in [2.75, 3.05) is 45.3 Å². The second-order valence-electron chi connectivity index (χ2n) is 7.25. The lowest BCUT2D eigenvalue weighted by Gasteiger charge is -2.35. The predicted molar refractivity (Wildman–Crippen MR) is 116 cm³/mol. The van der Waals surface area contributed by atoms with Gasteiger partial charge >= 0.3 is 0 Å². The van der Waals surface area contributed by atoms with Crippen LogP contribution < -0.4 is 14.4 Å². The standard InChI is InChI=1S/C23H26N4O3/c1-17-7-9-18(10-8-17)27-12-11-24-23(27)26-15-13-25(14-16-26)22(28)21-19(29-2)5-4-6-20(21)30-3/h4-12H,13-16H2,1-3H3.